The number of amides is 1. The molecule has 1 saturated heterocycles. The second-order valence-electron chi connectivity index (χ2n) is 10.4. The number of anilines is 1. The number of nitrogens with zero attached hydrogens (tertiary/aromatic N) is 2. The van der Waals surface area contributed by atoms with Gasteiger partial charge in [-0.2, -0.15) is 0 Å². The summed E-state index contributed by atoms with van der Waals surface area (Å²) in [4.78, 5) is 33.3. The molecule has 0 radical (unpaired) electrons. The van der Waals surface area contributed by atoms with E-state index >= 15 is 0 Å². The van der Waals surface area contributed by atoms with Crippen molar-refractivity contribution < 1.29 is 33.3 Å². The van der Waals surface area contributed by atoms with Crippen LogP contribution in [0.3, 0.4) is 0 Å². The molecular formula is C33H33FN2O6S. The molecule has 1 aromatic heterocycles. The van der Waals surface area contributed by atoms with Crippen molar-refractivity contribution in [1.29, 1.82) is 0 Å². The number of aliphatic hydroxyl groups is 1. The van der Waals surface area contributed by atoms with Crippen LogP contribution in [0.2, 0.25) is 0 Å². The van der Waals surface area contributed by atoms with Crippen LogP contribution in [0.5, 0.6) is 17.2 Å². The van der Waals surface area contributed by atoms with E-state index in [2.05, 4.69) is 18.8 Å². The van der Waals surface area contributed by atoms with Crippen molar-refractivity contribution in [3.05, 3.63) is 83.2 Å². The highest BCUT2D eigenvalue weighted by Crippen LogP contribution is 2.46. The summed E-state index contributed by atoms with van der Waals surface area (Å²) < 4.78 is 32.0. The molecule has 8 nitrogen and oxygen atoms in total. The maximum atomic E-state index is 13.7. The van der Waals surface area contributed by atoms with Crippen molar-refractivity contribution in [3.63, 3.8) is 0 Å². The fourth-order valence-electron chi connectivity index (χ4n) is 4.85. The van der Waals surface area contributed by atoms with E-state index in [4.69, 9.17) is 14.2 Å². The Kier molecular flexibility index (Phi) is 8.96. The van der Waals surface area contributed by atoms with E-state index in [1.807, 2.05) is 19.9 Å². The molecule has 0 saturated carbocycles. The molecule has 3 aromatic carbocycles. The van der Waals surface area contributed by atoms with Gasteiger partial charge in [0.15, 0.2) is 16.6 Å². The summed E-state index contributed by atoms with van der Waals surface area (Å²) in [6.07, 6.45) is 0.855. The highest BCUT2D eigenvalue weighted by Gasteiger charge is 2.48. The van der Waals surface area contributed by atoms with Crippen LogP contribution < -0.4 is 19.1 Å². The number of fused-ring (bicyclic) bond motifs is 1. The average Bonchev–Trinajstić information content (AvgIpc) is 3.51. The lowest BCUT2D eigenvalue weighted by atomic mass is 9.95. The van der Waals surface area contributed by atoms with Crippen molar-refractivity contribution >= 4 is 44.1 Å². The number of hydrogen-bond acceptors (Lipinski definition) is 8. The van der Waals surface area contributed by atoms with Crippen molar-refractivity contribution in [2.45, 2.75) is 40.2 Å². The first-order chi connectivity index (χ1) is 20.7. The van der Waals surface area contributed by atoms with E-state index in [1.54, 1.807) is 30.3 Å². The van der Waals surface area contributed by atoms with Crippen LogP contribution in [0.25, 0.3) is 16.0 Å². The van der Waals surface area contributed by atoms with Gasteiger partial charge < -0.3 is 19.3 Å². The van der Waals surface area contributed by atoms with Gasteiger partial charge in [0, 0.05) is 5.56 Å². The second kappa shape index (κ2) is 12.8. The molecular weight excluding hydrogens is 571 g/mol. The van der Waals surface area contributed by atoms with Gasteiger partial charge in [0.2, 0.25) is 0 Å². The maximum absolute atomic E-state index is 13.7. The number of thiazole rings is 1. The predicted octanol–water partition coefficient (Wildman–Crippen LogP) is 7.28. The summed E-state index contributed by atoms with van der Waals surface area (Å²) in [6, 6.07) is 14.7. The SMILES string of the molecule is CCOc1ccc2nc(N3C(=O)C(=O)/C(=C(/O)c4ccc(F)cc4)C3c3ccc(OCCC(C)C)c(OCC)c3)sc2c1. The van der Waals surface area contributed by atoms with E-state index < -0.39 is 29.3 Å². The Bertz CT molecular complexity index is 1680. The van der Waals surface area contributed by atoms with Gasteiger partial charge in [0.1, 0.15) is 17.3 Å². The van der Waals surface area contributed by atoms with E-state index in [1.165, 1.54) is 40.5 Å². The summed E-state index contributed by atoms with van der Waals surface area (Å²) in [7, 11) is 0. The molecule has 4 aromatic rings. The number of carbonyl (C=O) groups is 2. The molecule has 1 fully saturated rings. The topological polar surface area (TPSA) is 98.2 Å². The standard InChI is InChI=1S/C33H33FN2O6S/c1-5-40-23-12-13-24-27(18-23)43-33(35-24)36-29(21-9-14-25(26(17-21)41-6-2)42-16-15-19(3)4)28(31(38)32(36)39)30(37)20-7-10-22(34)11-8-20/h7-14,17-19,29,37H,5-6,15-16H2,1-4H3/b30-28+. The molecule has 1 atom stereocenters. The number of ketones is 1. The van der Waals surface area contributed by atoms with Gasteiger partial charge in [-0.3, -0.25) is 14.5 Å². The minimum absolute atomic E-state index is 0.137. The number of halogens is 1. The zero-order valence-corrected chi connectivity index (χ0v) is 25.2. The van der Waals surface area contributed by atoms with Crippen LogP contribution in [0.15, 0.2) is 66.2 Å². The maximum Gasteiger partial charge on any atom is 0.301 e. The molecule has 10 heteroatoms. The number of carbonyl (C=O) groups excluding carboxylic acids is 2. The molecule has 1 unspecified atom stereocenters. The Morgan fingerprint density at radius 1 is 0.977 bits per heavy atom. The van der Waals surface area contributed by atoms with E-state index in [0.717, 1.165) is 11.1 Å². The van der Waals surface area contributed by atoms with Crippen molar-refractivity contribution in [3.8, 4) is 17.2 Å². The Hall–Kier alpha value is -4.44. The Morgan fingerprint density at radius 3 is 2.42 bits per heavy atom. The zero-order valence-electron chi connectivity index (χ0n) is 24.4. The first-order valence-electron chi connectivity index (χ1n) is 14.2. The van der Waals surface area contributed by atoms with Crippen molar-refractivity contribution in [1.82, 2.24) is 4.98 Å². The number of hydrogen-bond donors (Lipinski definition) is 1. The molecule has 0 spiro atoms. The van der Waals surface area contributed by atoms with Crippen LogP contribution in [-0.4, -0.2) is 41.6 Å². The predicted molar refractivity (Wildman–Crippen MR) is 165 cm³/mol. The molecule has 0 bridgehead atoms. The lowest BCUT2D eigenvalue weighted by Gasteiger charge is -2.24. The number of ether oxygens (including phenoxy) is 3. The molecule has 5 rings (SSSR count). The quantitative estimate of drug-likeness (QED) is 0.109. The van der Waals surface area contributed by atoms with Gasteiger partial charge in [0.25, 0.3) is 5.78 Å². The molecule has 1 amide bonds. The molecule has 1 N–H and O–H groups in total. The third kappa shape index (κ3) is 6.19. The number of benzene rings is 3. The zero-order chi connectivity index (χ0) is 30.7. The lowest BCUT2D eigenvalue weighted by molar-refractivity contribution is -0.132. The van der Waals surface area contributed by atoms with Crippen LogP contribution in [-0.2, 0) is 9.59 Å². The summed E-state index contributed by atoms with van der Waals surface area (Å²) in [5.74, 6) is -0.533. The first kappa shape index (κ1) is 30.0. The van der Waals surface area contributed by atoms with Crippen molar-refractivity contribution in [2.24, 2.45) is 5.92 Å². The van der Waals surface area contributed by atoms with Crippen LogP contribution in [0, 0.1) is 11.7 Å². The van der Waals surface area contributed by atoms with E-state index in [0.29, 0.717) is 54.1 Å². The highest BCUT2D eigenvalue weighted by atomic mass is 32.1. The molecule has 0 aliphatic carbocycles. The van der Waals surface area contributed by atoms with Gasteiger partial charge in [-0.25, -0.2) is 9.37 Å². The minimum Gasteiger partial charge on any atom is -0.507 e. The Labute approximate surface area is 253 Å². The summed E-state index contributed by atoms with van der Waals surface area (Å²) >= 11 is 1.23. The summed E-state index contributed by atoms with van der Waals surface area (Å²) in [5, 5.41) is 11.7. The lowest BCUT2D eigenvalue weighted by Crippen LogP contribution is -2.29. The van der Waals surface area contributed by atoms with E-state index in [9.17, 15) is 19.1 Å². The second-order valence-corrected chi connectivity index (χ2v) is 11.4. The smallest absolute Gasteiger partial charge is 0.301 e. The molecule has 1 aliphatic rings. The number of rotatable bonds is 11. The summed E-state index contributed by atoms with van der Waals surface area (Å²) in [5.41, 5.74) is 1.21. The molecule has 2 heterocycles. The highest BCUT2D eigenvalue weighted by molar-refractivity contribution is 7.22. The van der Waals surface area contributed by atoms with Gasteiger partial charge in [0.05, 0.1) is 41.7 Å². The minimum atomic E-state index is -1.04. The summed E-state index contributed by atoms with van der Waals surface area (Å²) in [6.45, 7) is 9.31. The normalized spacial score (nSPS) is 16.3. The van der Waals surface area contributed by atoms with Crippen LogP contribution in [0.4, 0.5) is 9.52 Å². The third-order valence-corrected chi connectivity index (χ3v) is 7.98. The third-order valence-electron chi connectivity index (χ3n) is 6.96. The van der Waals surface area contributed by atoms with Crippen LogP contribution in [0.1, 0.15) is 51.3 Å². The van der Waals surface area contributed by atoms with Gasteiger partial charge in [-0.05, 0) is 86.3 Å². The van der Waals surface area contributed by atoms with Crippen LogP contribution >= 0.6 is 11.3 Å². The van der Waals surface area contributed by atoms with Crippen molar-refractivity contribution in [2.75, 3.05) is 24.7 Å². The monoisotopic (exact) mass is 604 g/mol. The largest absolute Gasteiger partial charge is 0.507 e. The molecule has 224 valence electrons. The van der Waals surface area contributed by atoms with Gasteiger partial charge >= 0.3 is 5.91 Å². The molecule has 43 heavy (non-hydrogen) atoms. The Balaban J connectivity index is 1.66. The Morgan fingerprint density at radius 2 is 1.72 bits per heavy atom. The number of Topliss-reactive ketones (excluding diaryl/α,β-unsaturated/α-hetero) is 1. The first-order valence-corrected chi connectivity index (χ1v) is 15.0. The number of aliphatic hydroxyl groups excluding tert-OH is 1. The average molecular weight is 605 g/mol. The van der Waals surface area contributed by atoms with Gasteiger partial charge in [-0.15, -0.1) is 0 Å². The molecule has 1 aliphatic heterocycles. The number of aromatic nitrogens is 1. The fraction of sp³-hybridized carbons (Fsp3) is 0.303. The van der Waals surface area contributed by atoms with E-state index in [-0.39, 0.29) is 16.3 Å². The van der Waals surface area contributed by atoms with Gasteiger partial charge in [-0.1, -0.05) is 31.3 Å². The fourth-order valence-corrected chi connectivity index (χ4v) is 5.87.